The lowest BCUT2D eigenvalue weighted by Gasteiger charge is -2.28. The van der Waals surface area contributed by atoms with Gasteiger partial charge in [-0.25, -0.2) is 0 Å². The van der Waals surface area contributed by atoms with E-state index in [1.807, 2.05) is 47.4 Å². The van der Waals surface area contributed by atoms with Crippen molar-refractivity contribution in [2.45, 2.75) is 37.6 Å². The SMILES string of the molecule is O=C(NCc1ccc(N2CCCCC2)cc1)c1ccc([C@H]2SCC(=O)N2CCc2ccccc2)cc1. The molecule has 5 rings (SSSR count). The first kappa shape index (κ1) is 24.4. The molecule has 0 aliphatic carbocycles. The lowest BCUT2D eigenvalue weighted by atomic mass is 10.1. The third-order valence-electron chi connectivity index (χ3n) is 7.02. The molecule has 0 bridgehead atoms. The standard InChI is InChI=1S/C30H33N3O2S/c34-28-22-36-30(33(28)20-17-23-7-3-1-4-8-23)26-13-11-25(12-14-26)29(35)31-21-24-9-15-27(16-10-24)32-18-5-2-6-19-32/h1,3-4,7-16,30H,2,5-6,17-22H2,(H,31,35)/t30-/m1/s1. The second-order valence-electron chi connectivity index (χ2n) is 9.50. The van der Waals surface area contributed by atoms with E-state index in [4.69, 9.17) is 0 Å². The number of piperidine rings is 1. The van der Waals surface area contributed by atoms with Crippen LogP contribution in [0.4, 0.5) is 5.69 Å². The first-order valence-electron chi connectivity index (χ1n) is 12.8. The number of hydrogen-bond acceptors (Lipinski definition) is 4. The highest BCUT2D eigenvalue weighted by Gasteiger charge is 2.32. The predicted octanol–water partition coefficient (Wildman–Crippen LogP) is 5.42. The molecule has 0 radical (unpaired) electrons. The van der Waals surface area contributed by atoms with Crippen molar-refractivity contribution in [2.75, 3.05) is 30.3 Å². The van der Waals surface area contributed by atoms with Crippen molar-refractivity contribution in [1.82, 2.24) is 10.2 Å². The molecule has 3 aromatic carbocycles. The predicted molar refractivity (Wildman–Crippen MR) is 147 cm³/mol. The zero-order valence-corrected chi connectivity index (χ0v) is 21.4. The summed E-state index contributed by atoms with van der Waals surface area (Å²) in [6.45, 7) is 3.45. The molecule has 2 amide bonds. The van der Waals surface area contributed by atoms with Gasteiger partial charge in [-0.2, -0.15) is 0 Å². The molecule has 2 fully saturated rings. The molecule has 186 valence electrons. The molecule has 2 heterocycles. The van der Waals surface area contributed by atoms with E-state index in [0.717, 1.165) is 30.6 Å². The Kier molecular flexibility index (Phi) is 7.91. The van der Waals surface area contributed by atoms with Crippen LogP contribution in [0.3, 0.4) is 0 Å². The molecular formula is C30H33N3O2S. The van der Waals surface area contributed by atoms with Gasteiger partial charge in [0.05, 0.1) is 5.75 Å². The maximum Gasteiger partial charge on any atom is 0.251 e. The van der Waals surface area contributed by atoms with Gasteiger partial charge in [-0.15, -0.1) is 11.8 Å². The molecule has 3 aromatic rings. The minimum atomic E-state index is -0.0854. The summed E-state index contributed by atoms with van der Waals surface area (Å²) in [6, 6.07) is 26.5. The van der Waals surface area contributed by atoms with E-state index in [0.29, 0.717) is 24.4 Å². The van der Waals surface area contributed by atoms with Crippen molar-refractivity contribution in [3.8, 4) is 0 Å². The Labute approximate surface area is 217 Å². The zero-order valence-electron chi connectivity index (χ0n) is 20.6. The highest BCUT2D eigenvalue weighted by Crippen LogP contribution is 2.38. The smallest absolute Gasteiger partial charge is 0.251 e. The number of rotatable bonds is 8. The van der Waals surface area contributed by atoms with Crippen molar-refractivity contribution >= 4 is 29.3 Å². The number of carbonyl (C=O) groups is 2. The minimum absolute atomic E-state index is 0.00302. The van der Waals surface area contributed by atoms with Gasteiger partial charge in [-0.3, -0.25) is 9.59 Å². The molecule has 2 aliphatic rings. The molecule has 0 unspecified atom stereocenters. The van der Waals surface area contributed by atoms with Crippen LogP contribution in [0, 0.1) is 0 Å². The van der Waals surface area contributed by atoms with E-state index in [2.05, 4.69) is 46.6 Å². The molecule has 36 heavy (non-hydrogen) atoms. The van der Waals surface area contributed by atoms with Crippen LogP contribution in [-0.4, -0.2) is 42.1 Å². The van der Waals surface area contributed by atoms with Gasteiger partial charge in [0.15, 0.2) is 0 Å². The summed E-state index contributed by atoms with van der Waals surface area (Å²) < 4.78 is 0. The van der Waals surface area contributed by atoms with E-state index in [-0.39, 0.29) is 17.2 Å². The molecule has 5 nitrogen and oxygen atoms in total. The van der Waals surface area contributed by atoms with Crippen LogP contribution in [0.15, 0.2) is 78.9 Å². The largest absolute Gasteiger partial charge is 0.372 e. The van der Waals surface area contributed by atoms with Crippen molar-refractivity contribution in [1.29, 1.82) is 0 Å². The highest BCUT2D eigenvalue weighted by molar-refractivity contribution is 8.00. The molecule has 6 heteroatoms. The highest BCUT2D eigenvalue weighted by atomic mass is 32.2. The maximum atomic E-state index is 12.8. The number of carbonyl (C=O) groups excluding carboxylic acids is 2. The number of hydrogen-bond donors (Lipinski definition) is 1. The summed E-state index contributed by atoms with van der Waals surface area (Å²) in [5.74, 6) is 0.588. The van der Waals surface area contributed by atoms with Gasteiger partial charge in [-0.1, -0.05) is 54.6 Å². The average Bonchev–Trinajstić information content (AvgIpc) is 3.32. The van der Waals surface area contributed by atoms with Crippen LogP contribution >= 0.6 is 11.8 Å². The number of nitrogens with one attached hydrogen (secondary N) is 1. The molecule has 0 saturated carbocycles. The van der Waals surface area contributed by atoms with E-state index in [1.54, 1.807) is 11.8 Å². The van der Waals surface area contributed by atoms with E-state index in [1.165, 1.54) is 30.5 Å². The van der Waals surface area contributed by atoms with Gasteiger partial charge in [0, 0.05) is 37.4 Å². The van der Waals surface area contributed by atoms with Gasteiger partial charge >= 0.3 is 0 Å². The summed E-state index contributed by atoms with van der Waals surface area (Å²) in [5, 5.41) is 3.03. The van der Waals surface area contributed by atoms with Crippen LogP contribution in [-0.2, 0) is 17.8 Å². The molecule has 1 N–H and O–H groups in total. The fourth-order valence-corrected chi connectivity index (χ4v) is 6.15. The Morgan fingerprint density at radius 1 is 0.861 bits per heavy atom. The summed E-state index contributed by atoms with van der Waals surface area (Å²) in [5.41, 5.74) is 5.28. The van der Waals surface area contributed by atoms with Crippen LogP contribution < -0.4 is 10.2 Å². The zero-order chi connectivity index (χ0) is 24.7. The summed E-state index contributed by atoms with van der Waals surface area (Å²) in [7, 11) is 0. The molecule has 0 aromatic heterocycles. The average molecular weight is 500 g/mol. The Morgan fingerprint density at radius 3 is 2.31 bits per heavy atom. The second-order valence-corrected chi connectivity index (χ2v) is 10.6. The second kappa shape index (κ2) is 11.7. The van der Waals surface area contributed by atoms with Gasteiger partial charge in [0.2, 0.25) is 5.91 Å². The number of benzene rings is 3. The molecule has 0 spiro atoms. The van der Waals surface area contributed by atoms with Gasteiger partial charge in [0.25, 0.3) is 5.91 Å². The normalized spacial score (nSPS) is 17.9. The van der Waals surface area contributed by atoms with Crippen LogP contribution in [0.5, 0.6) is 0 Å². The number of thioether (sulfide) groups is 1. The first-order chi connectivity index (χ1) is 17.7. The minimum Gasteiger partial charge on any atom is -0.372 e. The van der Waals surface area contributed by atoms with Gasteiger partial charge < -0.3 is 15.1 Å². The number of nitrogens with zero attached hydrogens (tertiary/aromatic N) is 2. The molecule has 2 aliphatic heterocycles. The lowest BCUT2D eigenvalue weighted by Crippen LogP contribution is -2.30. The van der Waals surface area contributed by atoms with Crippen LogP contribution in [0.1, 0.15) is 51.7 Å². The van der Waals surface area contributed by atoms with Crippen LogP contribution in [0.25, 0.3) is 0 Å². The Balaban J connectivity index is 1.15. The lowest BCUT2D eigenvalue weighted by molar-refractivity contribution is -0.128. The summed E-state index contributed by atoms with van der Waals surface area (Å²) >= 11 is 1.65. The number of anilines is 1. The van der Waals surface area contributed by atoms with Gasteiger partial charge in [0.1, 0.15) is 5.37 Å². The molecule has 1 atom stereocenters. The van der Waals surface area contributed by atoms with Crippen molar-refractivity contribution in [3.05, 3.63) is 101 Å². The van der Waals surface area contributed by atoms with E-state index < -0.39 is 0 Å². The van der Waals surface area contributed by atoms with E-state index >= 15 is 0 Å². The third-order valence-corrected chi connectivity index (χ3v) is 8.28. The quantitative estimate of drug-likeness (QED) is 0.449. The first-order valence-corrected chi connectivity index (χ1v) is 13.9. The third kappa shape index (κ3) is 5.93. The van der Waals surface area contributed by atoms with Crippen molar-refractivity contribution < 1.29 is 9.59 Å². The fourth-order valence-electron chi connectivity index (χ4n) is 4.93. The van der Waals surface area contributed by atoms with Crippen LogP contribution in [0.2, 0.25) is 0 Å². The summed E-state index contributed by atoms with van der Waals surface area (Å²) in [6.07, 6.45) is 4.69. The molecular weight excluding hydrogens is 466 g/mol. The van der Waals surface area contributed by atoms with Crippen molar-refractivity contribution in [2.24, 2.45) is 0 Å². The Morgan fingerprint density at radius 2 is 1.58 bits per heavy atom. The van der Waals surface area contributed by atoms with Crippen molar-refractivity contribution in [3.63, 3.8) is 0 Å². The molecule has 2 saturated heterocycles. The van der Waals surface area contributed by atoms with E-state index in [9.17, 15) is 9.59 Å². The fraction of sp³-hybridized carbons (Fsp3) is 0.333. The Bertz CT molecular complexity index is 1160. The topological polar surface area (TPSA) is 52.7 Å². The van der Waals surface area contributed by atoms with Gasteiger partial charge in [-0.05, 0) is 66.6 Å². The monoisotopic (exact) mass is 499 g/mol. The maximum absolute atomic E-state index is 12.8. The number of amides is 2. The Hall–Kier alpha value is -3.25. The summed E-state index contributed by atoms with van der Waals surface area (Å²) in [4.78, 5) is 29.7.